The first-order valence-corrected chi connectivity index (χ1v) is 7.49. The van der Waals surface area contributed by atoms with Crippen LogP contribution in [-0.4, -0.2) is 31.3 Å². The van der Waals surface area contributed by atoms with Gasteiger partial charge in [0.15, 0.2) is 0 Å². The van der Waals surface area contributed by atoms with Crippen molar-refractivity contribution >= 4 is 5.97 Å². The molecule has 0 aromatic heterocycles. The van der Waals surface area contributed by atoms with Crippen LogP contribution in [0.3, 0.4) is 0 Å². The molecule has 0 unspecified atom stereocenters. The number of aromatic carboxylic acids is 1. The number of carboxylic acid groups (broad SMARTS) is 1. The summed E-state index contributed by atoms with van der Waals surface area (Å²) in [5.74, 6) is 0.739. The SMILES string of the molecule is COc1ccc(OCCCNCc2ccc(C(=O)O)cc2)cc1. The van der Waals surface area contributed by atoms with Crippen molar-refractivity contribution in [1.82, 2.24) is 5.32 Å². The summed E-state index contributed by atoms with van der Waals surface area (Å²) in [6.07, 6.45) is 0.888. The van der Waals surface area contributed by atoms with Crippen molar-refractivity contribution in [2.24, 2.45) is 0 Å². The zero-order chi connectivity index (χ0) is 16.5. The van der Waals surface area contributed by atoms with Crippen LogP contribution in [0.5, 0.6) is 11.5 Å². The van der Waals surface area contributed by atoms with E-state index in [0.717, 1.165) is 30.0 Å². The second-order valence-corrected chi connectivity index (χ2v) is 5.06. The third-order valence-electron chi connectivity index (χ3n) is 3.36. The molecule has 0 aliphatic heterocycles. The first-order valence-electron chi connectivity index (χ1n) is 7.49. The molecule has 0 bridgehead atoms. The molecule has 2 aromatic rings. The smallest absolute Gasteiger partial charge is 0.335 e. The Balaban J connectivity index is 1.60. The van der Waals surface area contributed by atoms with Gasteiger partial charge in [-0.2, -0.15) is 0 Å². The Hall–Kier alpha value is -2.53. The summed E-state index contributed by atoms with van der Waals surface area (Å²) >= 11 is 0. The van der Waals surface area contributed by atoms with Gasteiger partial charge in [-0.15, -0.1) is 0 Å². The van der Waals surface area contributed by atoms with Gasteiger partial charge >= 0.3 is 5.97 Å². The van der Waals surface area contributed by atoms with Gasteiger partial charge in [0.2, 0.25) is 0 Å². The highest BCUT2D eigenvalue weighted by molar-refractivity contribution is 5.87. The predicted molar refractivity (Wildman–Crippen MR) is 88.2 cm³/mol. The molecule has 0 spiro atoms. The highest BCUT2D eigenvalue weighted by Crippen LogP contribution is 2.16. The number of hydrogen-bond donors (Lipinski definition) is 2. The number of nitrogens with one attached hydrogen (secondary N) is 1. The second kappa shape index (κ2) is 8.80. The number of benzene rings is 2. The fraction of sp³-hybridized carbons (Fsp3) is 0.278. The number of carbonyl (C=O) groups is 1. The highest BCUT2D eigenvalue weighted by Gasteiger charge is 2.01. The van der Waals surface area contributed by atoms with Crippen molar-refractivity contribution in [2.45, 2.75) is 13.0 Å². The maximum atomic E-state index is 10.8. The van der Waals surface area contributed by atoms with E-state index in [-0.39, 0.29) is 0 Å². The van der Waals surface area contributed by atoms with Gasteiger partial charge in [0.25, 0.3) is 0 Å². The van der Waals surface area contributed by atoms with Gasteiger partial charge in [-0.05, 0) is 54.9 Å². The number of rotatable bonds is 9. The fourth-order valence-corrected chi connectivity index (χ4v) is 2.06. The van der Waals surface area contributed by atoms with E-state index in [1.165, 1.54) is 0 Å². The Morgan fingerprint density at radius 1 is 1.04 bits per heavy atom. The van der Waals surface area contributed by atoms with Crippen molar-refractivity contribution in [1.29, 1.82) is 0 Å². The molecular formula is C18H21NO4. The zero-order valence-corrected chi connectivity index (χ0v) is 13.1. The lowest BCUT2D eigenvalue weighted by Crippen LogP contribution is -2.17. The summed E-state index contributed by atoms with van der Waals surface area (Å²) in [6.45, 7) is 2.18. The molecule has 0 saturated heterocycles. The van der Waals surface area contributed by atoms with Crippen LogP contribution in [0.2, 0.25) is 0 Å². The summed E-state index contributed by atoms with van der Waals surface area (Å²) in [4.78, 5) is 10.8. The third-order valence-corrected chi connectivity index (χ3v) is 3.36. The molecule has 0 amide bonds. The molecule has 0 aliphatic rings. The third kappa shape index (κ3) is 5.64. The average molecular weight is 315 g/mol. The van der Waals surface area contributed by atoms with Gasteiger partial charge in [0, 0.05) is 6.54 Å². The molecule has 5 heteroatoms. The van der Waals surface area contributed by atoms with Gasteiger partial charge in [0.05, 0.1) is 19.3 Å². The monoisotopic (exact) mass is 315 g/mol. The molecule has 23 heavy (non-hydrogen) atoms. The van der Waals surface area contributed by atoms with Crippen LogP contribution >= 0.6 is 0 Å². The van der Waals surface area contributed by atoms with Gasteiger partial charge < -0.3 is 19.9 Å². The van der Waals surface area contributed by atoms with Crippen molar-refractivity contribution in [2.75, 3.05) is 20.3 Å². The van der Waals surface area contributed by atoms with Gasteiger partial charge in [-0.1, -0.05) is 12.1 Å². The lowest BCUT2D eigenvalue weighted by molar-refractivity contribution is 0.0697. The molecule has 2 aromatic carbocycles. The summed E-state index contributed by atoms with van der Waals surface area (Å²) < 4.78 is 10.7. The lowest BCUT2D eigenvalue weighted by Gasteiger charge is -2.08. The first kappa shape index (κ1) is 16.8. The van der Waals surface area contributed by atoms with Crippen LogP contribution < -0.4 is 14.8 Å². The van der Waals surface area contributed by atoms with E-state index in [1.54, 1.807) is 19.2 Å². The van der Waals surface area contributed by atoms with E-state index < -0.39 is 5.97 Å². The topological polar surface area (TPSA) is 67.8 Å². The minimum atomic E-state index is -0.903. The quantitative estimate of drug-likeness (QED) is 0.696. The molecular weight excluding hydrogens is 294 g/mol. The van der Waals surface area contributed by atoms with Crippen molar-refractivity contribution in [3.63, 3.8) is 0 Å². The number of hydrogen-bond acceptors (Lipinski definition) is 4. The van der Waals surface area contributed by atoms with Crippen molar-refractivity contribution < 1.29 is 19.4 Å². The second-order valence-electron chi connectivity index (χ2n) is 5.06. The summed E-state index contributed by atoms with van der Waals surface area (Å²) in [5.41, 5.74) is 1.37. The Bertz CT molecular complexity index is 608. The number of methoxy groups -OCH3 is 1. The molecule has 2 rings (SSSR count). The van der Waals surface area contributed by atoms with Crippen molar-refractivity contribution in [3.05, 3.63) is 59.7 Å². The lowest BCUT2D eigenvalue weighted by atomic mass is 10.1. The highest BCUT2D eigenvalue weighted by atomic mass is 16.5. The number of carboxylic acids is 1. The Labute approximate surface area is 135 Å². The van der Waals surface area contributed by atoms with Crippen LogP contribution in [0.1, 0.15) is 22.3 Å². The summed E-state index contributed by atoms with van der Waals surface area (Å²) in [7, 11) is 1.64. The van der Waals surface area contributed by atoms with Crippen LogP contribution in [-0.2, 0) is 6.54 Å². The van der Waals surface area contributed by atoms with Crippen molar-refractivity contribution in [3.8, 4) is 11.5 Å². The summed E-state index contributed by atoms with van der Waals surface area (Å²) in [5, 5.41) is 12.1. The average Bonchev–Trinajstić information content (AvgIpc) is 2.59. The maximum absolute atomic E-state index is 10.8. The minimum Gasteiger partial charge on any atom is -0.497 e. The van der Waals surface area contributed by atoms with E-state index in [4.69, 9.17) is 14.6 Å². The van der Waals surface area contributed by atoms with E-state index in [1.807, 2.05) is 36.4 Å². The fourth-order valence-electron chi connectivity index (χ4n) is 2.06. The van der Waals surface area contributed by atoms with Crippen LogP contribution in [0, 0.1) is 0 Å². The Kier molecular flexibility index (Phi) is 6.44. The molecule has 122 valence electrons. The van der Waals surface area contributed by atoms with E-state index >= 15 is 0 Å². The van der Waals surface area contributed by atoms with Gasteiger partial charge in [-0.3, -0.25) is 0 Å². The zero-order valence-electron chi connectivity index (χ0n) is 13.1. The van der Waals surface area contributed by atoms with E-state index in [9.17, 15) is 4.79 Å². The molecule has 0 heterocycles. The first-order chi connectivity index (χ1) is 11.2. The molecule has 2 N–H and O–H groups in total. The predicted octanol–water partition coefficient (Wildman–Crippen LogP) is 2.95. The maximum Gasteiger partial charge on any atom is 0.335 e. The largest absolute Gasteiger partial charge is 0.497 e. The van der Waals surface area contributed by atoms with Crippen LogP contribution in [0.4, 0.5) is 0 Å². The molecule has 0 saturated carbocycles. The van der Waals surface area contributed by atoms with Crippen LogP contribution in [0.25, 0.3) is 0 Å². The van der Waals surface area contributed by atoms with Gasteiger partial charge in [-0.25, -0.2) is 4.79 Å². The number of ether oxygens (including phenoxy) is 2. The molecule has 0 aliphatic carbocycles. The van der Waals surface area contributed by atoms with E-state index in [0.29, 0.717) is 18.7 Å². The summed E-state index contributed by atoms with van der Waals surface area (Å²) in [6, 6.07) is 14.4. The Morgan fingerprint density at radius 3 is 2.30 bits per heavy atom. The minimum absolute atomic E-state index is 0.307. The molecule has 0 fully saturated rings. The van der Waals surface area contributed by atoms with Crippen LogP contribution in [0.15, 0.2) is 48.5 Å². The standard InChI is InChI=1S/C18H21NO4/c1-22-16-7-9-17(10-8-16)23-12-2-11-19-13-14-3-5-15(6-4-14)18(20)21/h3-10,19H,2,11-13H2,1H3,(H,20,21). The molecule has 0 atom stereocenters. The molecule has 5 nitrogen and oxygen atoms in total. The van der Waals surface area contributed by atoms with Gasteiger partial charge in [0.1, 0.15) is 11.5 Å². The van der Waals surface area contributed by atoms with E-state index in [2.05, 4.69) is 5.32 Å². The normalized spacial score (nSPS) is 10.3. The molecule has 0 radical (unpaired) electrons. The Morgan fingerprint density at radius 2 is 1.70 bits per heavy atom.